The van der Waals surface area contributed by atoms with Gasteiger partial charge in [0.1, 0.15) is 5.75 Å². The summed E-state index contributed by atoms with van der Waals surface area (Å²) in [5.74, 6) is 0.986. The Morgan fingerprint density at radius 1 is 1.19 bits per heavy atom. The second-order valence-electron chi connectivity index (χ2n) is 4.55. The molecule has 2 aromatic carbocycles. The van der Waals surface area contributed by atoms with Gasteiger partial charge in [0, 0.05) is 23.4 Å². The van der Waals surface area contributed by atoms with Crippen LogP contribution in [0.25, 0.3) is 11.3 Å². The monoisotopic (exact) mass is 344 g/mol. The lowest BCUT2D eigenvalue weighted by atomic mass is 10.1. The first-order valence-corrected chi connectivity index (χ1v) is 7.22. The summed E-state index contributed by atoms with van der Waals surface area (Å²) < 4.78 is 5.98. The summed E-state index contributed by atoms with van der Waals surface area (Å²) in [7, 11) is 0. The lowest BCUT2D eigenvalue weighted by molar-refractivity contribution is 0.465. The van der Waals surface area contributed by atoms with Crippen molar-refractivity contribution in [2.24, 2.45) is 0 Å². The normalized spacial score (nSPS) is 10.5. The number of phenolic OH excluding ortho intramolecular Hbond substituents is 1. The number of para-hydroxylation sites is 1. The molecular formula is C16H13BrN2O2. The summed E-state index contributed by atoms with van der Waals surface area (Å²) in [4.78, 5) is 3.92. The molecule has 0 aliphatic rings. The molecule has 0 aliphatic heterocycles. The van der Waals surface area contributed by atoms with Crippen LogP contribution in [0.5, 0.6) is 5.75 Å². The van der Waals surface area contributed by atoms with E-state index < -0.39 is 0 Å². The van der Waals surface area contributed by atoms with Crippen molar-refractivity contribution in [3.63, 3.8) is 0 Å². The topological polar surface area (TPSA) is 58.3 Å². The maximum atomic E-state index is 9.97. The summed E-state index contributed by atoms with van der Waals surface area (Å²) in [5.41, 5.74) is 2.73. The zero-order valence-electron chi connectivity index (χ0n) is 11.1. The molecule has 5 heteroatoms. The van der Waals surface area contributed by atoms with Crippen LogP contribution >= 0.6 is 15.9 Å². The third kappa shape index (κ3) is 3.08. The van der Waals surface area contributed by atoms with Crippen molar-refractivity contribution in [2.45, 2.75) is 6.54 Å². The van der Waals surface area contributed by atoms with Crippen molar-refractivity contribution in [2.75, 3.05) is 5.32 Å². The number of rotatable bonds is 4. The van der Waals surface area contributed by atoms with Crippen LogP contribution < -0.4 is 5.32 Å². The van der Waals surface area contributed by atoms with Gasteiger partial charge in [-0.05, 0) is 34.1 Å². The average molecular weight is 345 g/mol. The van der Waals surface area contributed by atoms with E-state index >= 15 is 0 Å². The highest BCUT2D eigenvalue weighted by Gasteiger charge is 2.06. The fourth-order valence-electron chi connectivity index (χ4n) is 2.04. The van der Waals surface area contributed by atoms with Crippen molar-refractivity contribution < 1.29 is 9.52 Å². The van der Waals surface area contributed by atoms with Crippen molar-refractivity contribution in [1.29, 1.82) is 0 Å². The summed E-state index contributed by atoms with van der Waals surface area (Å²) in [5, 5.41) is 13.3. The highest BCUT2D eigenvalue weighted by molar-refractivity contribution is 9.10. The number of nitrogens with zero attached hydrogens (tertiary/aromatic N) is 1. The number of anilines is 1. The zero-order valence-corrected chi connectivity index (χ0v) is 12.7. The fourth-order valence-corrected chi connectivity index (χ4v) is 2.45. The number of hydrogen-bond donors (Lipinski definition) is 2. The van der Waals surface area contributed by atoms with Crippen LogP contribution in [0, 0.1) is 0 Å². The minimum absolute atomic E-state index is 0.261. The Hall–Kier alpha value is -2.27. The molecule has 1 heterocycles. The first kappa shape index (κ1) is 13.7. The molecule has 0 saturated carbocycles. The number of aromatic hydroxyl groups is 1. The molecule has 0 aliphatic carbocycles. The molecule has 0 unspecified atom stereocenters. The Morgan fingerprint density at radius 3 is 2.86 bits per heavy atom. The minimum atomic E-state index is 0.261. The molecule has 0 spiro atoms. The molecule has 21 heavy (non-hydrogen) atoms. The number of nitrogens with one attached hydrogen (secondary N) is 1. The summed E-state index contributed by atoms with van der Waals surface area (Å²) in [6.45, 7) is 0.533. The van der Waals surface area contributed by atoms with Crippen molar-refractivity contribution in [1.82, 2.24) is 4.98 Å². The van der Waals surface area contributed by atoms with E-state index in [4.69, 9.17) is 4.42 Å². The molecule has 0 amide bonds. The van der Waals surface area contributed by atoms with Gasteiger partial charge in [-0.2, -0.15) is 0 Å². The van der Waals surface area contributed by atoms with Gasteiger partial charge in [-0.1, -0.05) is 24.3 Å². The lowest BCUT2D eigenvalue weighted by Crippen LogP contribution is -1.99. The van der Waals surface area contributed by atoms with Gasteiger partial charge in [0.2, 0.25) is 0 Å². The lowest BCUT2D eigenvalue weighted by Gasteiger charge is -2.10. The highest BCUT2D eigenvalue weighted by Crippen LogP contribution is 2.28. The van der Waals surface area contributed by atoms with Gasteiger partial charge in [-0.25, -0.2) is 4.98 Å². The van der Waals surface area contributed by atoms with Gasteiger partial charge in [-0.3, -0.25) is 0 Å². The van der Waals surface area contributed by atoms with Gasteiger partial charge in [0.15, 0.2) is 12.2 Å². The Labute approximate surface area is 130 Å². The smallest absolute Gasteiger partial charge is 0.181 e. The molecule has 4 nitrogen and oxygen atoms in total. The SMILES string of the molecule is Oc1c(Br)cccc1CNc1cccc(-c2cnco2)c1. The van der Waals surface area contributed by atoms with E-state index in [0.717, 1.165) is 22.6 Å². The average Bonchev–Trinajstić information content (AvgIpc) is 3.03. The van der Waals surface area contributed by atoms with E-state index in [1.807, 2.05) is 42.5 Å². The molecule has 3 rings (SSSR count). The fraction of sp³-hybridized carbons (Fsp3) is 0.0625. The molecule has 0 bridgehead atoms. The Morgan fingerprint density at radius 2 is 2.05 bits per heavy atom. The van der Waals surface area contributed by atoms with Gasteiger partial charge in [0.05, 0.1) is 10.7 Å². The molecule has 2 N–H and O–H groups in total. The number of phenols is 1. The van der Waals surface area contributed by atoms with E-state index in [2.05, 4.69) is 26.2 Å². The number of oxazole rings is 1. The standard InChI is InChI=1S/C16H13BrN2O2/c17-14-6-2-4-12(16(14)20)8-19-13-5-1-3-11(7-13)15-9-18-10-21-15/h1-7,9-10,19-20H,8H2. The molecule has 106 valence electrons. The van der Waals surface area contributed by atoms with Crippen LogP contribution in [-0.2, 0) is 6.54 Å². The van der Waals surface area contributed by atoms with Crippen LogP contribution in [-0.4, -0.2) is 10.1 Å². The molecule has 0 saturated heterocycles. The number of aromatic nitrogens is 1. The Kier molecular flexibility index (Phi) is 3.92. The predicted molar refractivity (Wildman–Crippen MR) is 85.1 cm³/mol. The predicted octanol–water partition coefficient (Wildman–Crippen LogP) is 4.42. The number of benzene rings is 2. The summed E-state index contributed by atoms with van der Waals surface area (Å²) >= 11 is 3.31. The Balaban J connectivity index is 1.77. The van der Waals surface area contributed by atoms with E-state index in [9.17, 15) is 5.11 Å². The number of hydrogen-bond acceptors (Lipinski definition) is 4. The third-order valence-corrected chi connectivity index (χ3v) is 3.77. The second-order valence-corrected chi connectivity index (χ2v) is 5.40. The summed E-state index contributed by atoms with van der Waals surface area (Å²) in [6.07, 6.45) is 3.09. The van der Waals surface area contributed by atoms with Gasteiger partial charge in [0.25, 0.3) is 0 Å². The summed E-state index contributed by atoms with van der Waals surface area (Å²) in [6, 6.07) is 13.4. The molecular weight excluding hydrogens is 332 g/mol. The van der Waals surface area contributed by atoms with Crippen LogP contribution in [0.3, 0.4) is 0 Å². The van der Waals surface area contributed by atoms with E-state index in [1.54, 1.807) is 6.20 Å². The van der Waals surface area contributed by atoms with E-state index in [0.29, 0.717) is 11.0 Å². The number of halogens is 1. The maximum Gasteiger partial charge on any atom is 0.181 e. The minimum Gasteiger partial charge on any atom is -0.506 e. The van der Waals surface area contributed by atoms with E-state index in [-0.39, 0.29) is 5.75 Å². The zero-order chi connectivity index (χ0) is 14.7. The van der Waals surface area contributed by atoms with Crippen molar-refractivity contribution in [3.8, 4) is 17.1 Å². The first-order chi connectivity index (χ1) is 10.2. The molecule has 0 fully saturated rings. The molecule has 0 radical (unpaired) electrons. The quantitative estimate of drug-likeness (QED) is 0.735. The third-order valence-electron chi connectivity index (χ3n) is 3.13. The molecule has 3 aromatic rings. The molecule has 1 aromatic heterocycles. The van der Waals surface area contributed by atoms with Gasteiger partial charge < -0.3 is 14.8 Å². The Bertz CT molecular complexity index is 742. The van der Waals surface area contributed by atoms with Gasteiger partial charge in [-0.15, -0.1) is 0 Å². The largest absolute Gasteiger partial charge is 0.506 e. The van der Waals surface area contributed by atoms with Crippen molar-refractivity contribution >= 4 is 21.6 Å². The van der Waals surface area contributed by atoms with Crippen LogP contribution in [0.4, 0.5) is 5.69 Å². The highest BCUT2D eigenvalue weighted by atomic mass is 79.9. The van der Waals surface area contributed by atoms with Crippen molar-refractivity contribution in [3.05, 3.63) is 65.1 Å². The van der Waals surface area contributed by atoms with Crippen LogP contribution in [0.1, 0.15) is 5.56 Å². The molecule has 0 atom stereocenters. The van der Waals surface area contributed by atoms with Gasteiger partial charge >= 0.3 is 0 Å². The van der Waals surface area contributed by atoms with Crippen LogP contribution in [0.2, 0.25) is 0 Å². The maximum absolute atomic E-state index is 9.97. The first-order valence-electron chi connectivity index (χ1n) is 6.43. The van der Waals surface area contributed by atoms with E-state index in [1.165, 1.54) is 6.39 Å². The second kappa shape index (κ2) is 6.01. The van der Waals surface area contributed by atoms with Crippen LogP contribution in [0.15, 0.2) is 63.9 Å².